The number of carbonyl (C=O) groups is 3. The van der Waals surface area contributed by atoms with Crippen LogP contribution in [0.5, 0.6) is 0 Å². The first-order valence-electron chi connectivity index (χ1n) is 25.0. The van der Waals surface area contributed by atoms with Gasteiger partial charge in [-0.2, -0.15) is 0 Å². The van der Waals surface area contributed by atoms with Gasteiger partial charge in [0.05, 0.1) is 24.2 Å². The number of hydrogen-bond acceptors (Lipinski definition) is 11. The molecule has 4 aromatic rings. The number of anilines is 2. The molecule has 0 atom stereocenters. The van der Waals surface area contributed by atoms with E-state index in [1.807, 2.05) is 46.8 Å². The molecule has 71 heavy (non-hydrogen) atoms. The number of nitrogens with zero attached hydrogens (tertiary/aromatic N) is 3. The molecule has 2 aliphatic carbocycles. The van der Waals surface area contributed by atoms with Gasteiger partial charge < -0.3 is 44.2 Å². The smallest absolute Gasteiger partial charge is 0.407 e. The van der Waals surface area contributed by atoms with E-state index in [9.17, 15) is 24.0 Å². The molecule has 2 aromatic carbocycles. The quantitative estimate of drug-likeness (QED) is 0.110. The van der Waals surface area contributed by atoms with Crippen molar-refractivity contribution in [3.05, 3.63) is 123 Å². The van der Waals surface area contributed by atoms with Crippen LogP contribution in [0.2, 0.25) is 10.0 Å². The molecule has 3 N–H and O–H groups in total. The Hall–Kier alpha value is -5.31. The van der Waals surface area contributed by atoms with E-state index in [-0.39, 0.29) is 53.9 Å². The van der Waals surface area contributed by atoms with Gasteiger partial charge in [-0.3, -0.25) is 19.2 Å². The molecule has 3 amide bonds. The molecular weight excluding hydrogens is 944 g/mol. The van der Waals surface area contributed by atoms with Crippen molar-refractivity contribution < 1.29 is 28.0 Å². The highest BCUT2D eigenvalue weighted by Crippen LogP contribution is 2.36. The van der Waals surface area contributed by atoms with E-state index in [0.717, 1.165) is 74.1 Å². The predicted octanol–water partition coefficient (Wildman–Crippen LogP) is 10.7. The van der Waals surface area contributed by atoms with Gasteiger partial charge in [-0.25, -0.2) is 4.79 Å². The molecule has 2 aliphatic rings. The zero-order valence-corrected chi connectivity index (χ0v) is 45.6. The summed E-state index contributed by atoms with van der Waals surface area (Å²) in [5, 5.41) is 9.74. The van der Waals surface area contributed by atoms with Gasteiger partial charge in [0.15, 0.2) is 10.9 Å². The van der Waals surface area contributed by atoms with Gasteiger partial charge in [0.2, 0.25) is 0 Å². The molecule has 0 radical (unpaired) electrons. The number of alkyl carbamates (subject to hydrolysis) is 1. The summed E-state index contributed by atoms with van der Waals surface area (Å²) in [4.78, 5) is 70.2. The van der Waals surface area contributed by atoms with Crippen molar-refractivity contribution in [3.63, 3.8) is 0 Å². The van der Waals surface area contributed by atoms with Gasteiger partial charge in [0, 0.05) is 81.9 Å². The minimum absolute atomic E-state index is 0.0702. The summed E-state index contributed by atoms with van der Waals surface area (Å²) in [5.74, 6) is 1.56. The first kappa shape index (κ1) is 56.6. The molecular formula is C55H76Cl2N6O8. The molecule has 2 saturated carbocycles. The van der Waals surface area contributed by atoms with Crippen molar-refractivity contribution in [2.24, 2.45) is 0 Å². The van der Waals surface area contributed by atoms with E-state index >= 15 is 0 Å². The van der Waals surface area contributed by atoms with E-state index in [4.69, 9.17) is 36.8 Å². The SMILES string of the molecule is CCN(c1cc(Cl)cc(C(=O)NCc2c(C)oc(C)cc2=O)c1C)C1CCC(N(C)C)CC1.CCN(c1cc(Cl)cc(C(=O)NCc2c(C)oc(C)cc2=O)c1C)C1CCC(NC(=O)OC(C)(C)C)CC1. The highest BCUT2D eigenvalue weighted by Gasteiger charge is 2.31. The molecule has 2 aromatic heterocycles. The number of amides is 3. The normalized spacial score (nSPS) is 18.0. The van der Waals surface area contributed by atoms with Crippen LogP contribution in [0.15, 0.2) is 54.8 Å². The first-order valence-corrected chi connectivity index (χ1v) is 25.7. The number of benzene rings is 2. The second-order valence-electron chi connectivity index (χ2n) is 20.2. The maximum absolute atomic E-state index is 13.2. The highest BCUT2D eigenvalue weighted by atomic mass is 35.5. The minimum atomic E-state index is -0.528. The lowest BCUT2D eigenvalue weighted by atomic mass is 9.89. The number of halogens is 2. The molecule has 14 nitrogen and oxygen atoms in total. The fourth-order valence-electron chi connectivity index (χ4n) is 10.0. The third-order valence-corrected chi connectivity index (χ3v) is 14.2. The van der Waals surface area contributed by atoms with Crippen LogP contribution in [-0.2, 0) is 17.8 Å². The van der Waals surface area contributed by atoms with Crippen LogP contribution in [0.4, 0.5) is 16.2 Å². The van der Waals surface area contributed by atoms with Gasteiger partial charge >= 0.3 is 6.09 Å². The van der Waals surface area contributed by atoms with Gasteiger partial charge in [0.25, 0.3) is 11.8 Å². The average Bonchev–Trinajstić information content (AvgIpc) is 3.28. The molecule has 0 bridgehead atoms. The second kappa shape index (κ2) is 24.9. The van der Waals surface area contributed by atoms with Crippen LogP contribution >= 0.6 is 23.2 Å². The van der Waals surface area contributed by atoms with Gasteiger partial charge in [0.1, 0.15) is 28.6 Å². The van der Waals surface area contributed by atoms with Crippen molar-refractivity contribution in [1.29, 1.82) is 0 Å². The lowest BCUT2D eigenvalue weighted by molar-refractivity contribution is 0.0490. The summed E-state index contributed by atoms with van der Waals surface area (Å²) in [6.45, 7) is 22.4. The van der Waals surface area contributed by atoms with Crippen molar-refractivity contribution in [1.82, 2.24) is 20.9 Å². The Morgan fingerprint density at radius 3 is 1.35 bits per heavy atom. The largest absolute Gasteiger partial charge is 0.466 e. The topological polar surface area (TPSA) is 167 Å². The number of carbonyl (C=O) groups excluding carboxylic acids is 3. The van der Waals surface area contributed by atoms with E-state index in [0.29, 0.717) is 67.4 Å². The lowest BCUT2D eigenvalue weighted by Crippen LogP contribution is -2.45. The molecule has 0 aliphatic heterocycles. The van der Waals surface area contributed by atoms with E-state index < -0.39 is 5.60 Å². The molecule has 6 rings (SSSR count). The van der Waals surface area contributed by atoms with Crippen LogP contribution in [-0.4, -0.2) is 79.8 Å². The second-order valence-corrected chi connectivity index (χ2v) is 21.1. The zero-order valence-electron chi connectivity index (χ0n) is 44.1. The Balaban J connectivity index is 0.000000267. The maximum atomic E-state index is 13.2. The molecule has 2 heterocycles. The predicted molar refractivity (Wildman–Crippen MR) is 285 cm³/mol. The summed E-state index contributed by atoms with van der Waals surface area (Å²) in [6, 6.07) is 11.5. The van der Waals surface area contributed by atoms with Crippen LogP contribution in [0.25, 0.3) is 0 Å². The van der Waals surface area contributed by atoms with Crippen LogP contribution in [0, 0.1) is 41.5 Å². The average molecular weight is 1020 g/mol. The Morgan fingerprint density at radius 2 is 1.00 bits per heavy atom. The number of rotatable bonds is 14. The van der Waals surface area contributed by atoms with Crippen LogP contribution in [0.3, 0.4) is 0 Å². The Morgan fingerprint density at radius 1 is 0.620 bits per heavy atom. The molecule has 388 valence electrons. The fraction of sp³-hybridized carbons (Fsp3) is 0.545. The van der Waals surface area contributed by atoms with Crippen molar-refractivity contribution >= 4 is 52.5 Å². The molecule has 0 unspecified atom stereocenters. The summed E-state index contributed by atoms with van der Waals surface area (Å²) in [5.41, 5.74) is 4.73. The molecule has 16 heteroatoms. The van der Waals surface area contributed by atoms with Crippen LogP contribution < -0.4 is 36.6 Å². The number of ether oxygens (including phenoxy) is 1. The van der Waals surface area contributed by atoms with Crippen molar-refractivity contribution in [3.8, 4) is 0 Å². The maximum Gasteiger partial charge on any atom is 0.407 e. The highest BCUT2D eigenvalue weighted by molar-refractivity contribution is 6.31. The number of aryl methyl sites for hydroxylation is 4. The minimum Gasteiger partial charge on any atom is -0.466 e. The lowest BCUT2D eigenvalue weighted by Gasteiger charge is -2.40. The third-order valence-electron chi connectivity index (χ3n) is 13.8. The Bertz CT molecular complexity index is 2640. The van der Waals surface area contributed by atoms with Gasteiger partial charge in [-0.1, -0.05) is 23.2 Å². The van der Waals surface area contributed by atoms with Crippen LogP contribution in [0.1, 0.15) is 152 Å². The summed E-state index contributed by atoms with van der Waals surface area (Å²) in [6.07, 6.45) is 7.65. The van der Waals surface area contributed by atoms with Crippen molar-refractivity contribution in [2.75, 3.05) is 37.0 Å². The summed E-state index contributed by atoms with van der Waals surface area (Å²) in [7, 11) is 4.30. The Kier molecular flexibility index (Phi) is 19.8. The molecule has 0 saturated heterocycles. The van der Waals surface area contributed by atoms with Crippen molar-refractivity contribution in [2.45, 2.75) is 170 Å². The summed E-state index contributed by atoms with van der Waals surface area (Å²) >= 11 is 13.0. The monoisotopic (exact) mass is 1020 g/mol. The third kappa shape index (κ3) is 15.1. The van der Waals surface area contributed by atoms with E-state index in [1.54, 1.807) is 39.8 Å². The first-order chi connectivity index (χ1) is 33.4. The fourth-order valence-corrected chi connectivity index (χ4v) is 10.5. The van der Waals surface area contributed by atoms with Gasteiger partial charge in [-0.05, 0) is 177 Å². The molecule has 0 spiro atoms. The zero-order chi connectivity index (χ0) is 52.5. The number of hydrogen-bond donors (Lipinski definition) is 3. The molecule has 2 fully saturated rings. The summed E-state index contributed by atoms with van der Waals surface area (Å²) < 4.78 is 16.5. The standard InChI is InChI=1S/C29H40ClN3O5.C26H36ClN3O3/c1-8-33(22-11-9-21(10-12-22)32-28(36)38-29(5,6)7)25-15-20(30)14-23(18(25)3)27(35)31-16-24-19(4)37-17(2)13-26(24)34;1-7-30(21-10-8-20(9-11-21)29(5)6)24-14-19(27)13-22(17(24)3)26(32)28-15-23-18(4)33-16(2)12-25(23)31/h13-15,21-22H,8-12,16H2,1-7H3,(H,31,35)(H,32,36);12-14,20-21H,7-11,15H2,1-6H3,(H,28,32). The van der Waals surface area contributed by atoms with E-state index in [1.165, 1.54) is 25.0 Å². The number of nitrogens with one attached hydrogen (secondary N) is 3. The van der Waals surface area contributed by atoms with Gasteiger partial charge in [-0.15, -0.1) is 0 Å². The van der Waals surface area contributed by atoms with E-state index in [2.05, 4.69) is 58.6 Å². The Labute approximate surface area is 430 Å².